The van der Waals surface area contributed by atoms with Crippen LogP contribution in [-0.4, -0.2) is 35.1 Å². The van der Waals surface area contributed by atoms with Gasteiger partial charge in [0.25, 0.3) is 0 Å². The Morgan fingerprint density at radius 1 is 1.10 bits per heavy atom. The van der Waals surface area contributed by atoms with E-state index in [1.54, 1.807) is 11.1 Å². The number of alkyl halides is 3. The number of carbonyl (C=O) groups excluding carboxylic acids is 1. The molecule has 29 heavy (non-hydrogen) atoms. The van der Waals surface area contributed by atoms with Crippen molar-refractivity contribution in [1.29, 1.82) is 0 Å². The Bertz CT molecular complexity index is 1050. The third kappa shape index (κ3) is 3.94. The lowest BCUT2D eigenvalue weighted by molar-refractivity contribution is -0.137. The minimum Gasteiger partial charge on any atom is -0.352 e. The summed E-state index contributed by atoms with van der Waals surface area (Å²) in [5.74, 6) is 0.452. The first-order chi connectivity index (χ1) is 13.8. The van der Waals surface area contributed by atoms with Gasteiger partial charge < -0.3 is 15.5 Å². The molecule has 0 spiro atoms. The molecule has 0 aliphatic carbocycles. The number of amides is 2. The molecule has 0 bridgehead atoms. The van der Waals surface area contributed by atoms with E-state index in [1.807, 2.05) is 31.2 Å². The first kappa shape index (κ1) is 19.0. The van der Waals surface area contributed by atoms with Crippen LogP contribution >= 0.6 is 0 Å². The maximum absolute atomic E-state index is 12.6. The molecule has 4 rings (SSSR count). The average molecular weight is 401 g/mol. The van der Waals surface area contributed by atoms with Gasteiger partial charge in [0.2, 0.25) is 0 Å². The van der Waals surface area contributed by atoms with Gasteiger partial charge in [0.05, 0.1) is 17.3 Å². The highest BCUT2D eigenvalue weighted by Gasteiger charge is 2.32. The van der Waals surface area contributed by atoms with E-state index >= 15 is 0 Å². The van der Waals surface area contributed by atoms with Crippen molar-refractivity contribution in [3.8, 4) is 0 Å². The van der Waals surface area contributed by atoms with Gasteiger partial charge in [-0.3, -0.25) is 4.98 Å². The van der Waals surface area contributed by atoms with E-state index in [9.17, 15) is 18.0 Å². The monoisotopic (exact) mass is 401 g/mol. The number of halogens is 3. The summed E-state index contributed by atoms with van der Waals surface area (Å²) in [4.78, 5) is 22.3. The van der Waals surface area contributed by atoms with E-state index in [4.69, 9.17) is 0 Å². The number of anilines is 2. The molecule has 0 radical (unpaired) electrons. The molecule has 0 atom stereocenters. The molecule has 2 amide bonds. The lowest BCUT2D eigenvalue weighted by Crippen LogP contribution is -2.60. The van der Waals surface area contributed by atoms with Crippen LogP contribution < -0.4 is 15.5 Å². The van der Waals surface area contributed by atoms with Crippen molar-refractivity contribution in [3.05, 3.63) is 60.0 Å². The highest BCUT2D eigenvalue weighted by Crippen LogP contribution is 2.30. The van der Waals surface area contributed by atoms with Crippen LogP contribution in [0.5, 0.6) is 0 Å². The zero-order chi connectivity index (χ0) is 20.6. The number of nitrogens with one attached hydrogen (secondary N) is 2. The SMILES string of the molecule is Cc1nccc2c(NC(=O)NC3CN(c4ccc(C(F)(F)F)cn4)C3)cccc12. The van der Waals surface area contributed by atoms with Gasteiger partial charge in [0, 0.05) is 41.9 Å². The van der Waals surface area contributed by atoms with Crippen LogP contribution in [-0.2, 0) is 6.18 Å². The fourth-order valence-corrected chi connectivity index (χ4v) is 3.30. The third-order valence-corrected chi connectivity index (χ3v) is 4.87. The molecular weight excluding hydrogens is 383 g/mol. The van der Waals surface area contributed by atoms with Crippen molar-refractivity contribution < 1.29 is 18.0 Å². The summed E-state index contributed by atoms with van der Waals surface area (Å²) in [5.41, 5.74) is 0.785. The van der Waals surface area contributed by atoms with Crippen molar-refractivity contribution in [2.75, 3.05) is 23.3 Å². The van der Waals surface area contributed by atoms with Crippen LogP contribution in [0.4, 0.5) is 29.5 Å². The Balaban J connectivity index is 1.34. The molecule has 6 nitrogen and oxygen atoms in total. The molecule has 3 aromatic rings. The summed E-state index contributed by atoms with van der Waals surface area (Å²) in [6.07, 6.45) is -1.89. The summed E-state index contributed by atoms with van der Waals surface area (Å²) in [5, 5.41) is 7.59. The van der Waals surface area contributed by atoms with E-state index in [0.29, 0.717) is 24.6 Å². The minimum absolute atomic E-state index is 0.113. The molecule has 2 aromatic heterocycles. The molecule has 0 saturated carbocycles. The van der Waals surface area contributed by atoms with Crippen LogP contribution in [0.25, 0.3) is 10.8 Å². The third-order valence-electron chi connectivity index (χ3n) is 4.87. The Morgan fingerprint density at radius 3 is 2.59 bits per heavy atom. The van der Waals surface area contributed by atoms with Gasteiger partial charge in [-0.1, -0.05) is 12.1 Å². The number of fused-ring (bicyclic) bond motifs is 1. The normalized spacial score (nSPS) is 14.6. The number of nitrogens with zero attached hydrogens (tertiary/aromatic N) is 3. The van der Waals surface area contributed by atoms with Gasteiger partial charge >= 0.3 is 12.2 Å². The topological polar surface area (TPSA) is 70.2 Å². The first-order valence-corrected chi connectivity index (χ1v) is 9.01. The van der Waals surface area contributed by atoms with Gasteiger partial charge in [-0.05, 0) is 31.2 Å². The Labute approximate surface area is 164 Å². The largest absolute Gasteiger partial charge is 0.417 e. The number of pyridine rings is 2. The number of aromatic nitrogens is 2. The number of aryl methyl sites for hydroxylation is 1. The number of rotatable bonds is 3. The second kappa shape index (κ2) is 7.23. The molecule has 1 aliphatic heterocycles. The number of carbonyl (C=O) groups is 1. The molecule has 3 heterocycles. The van der Waals surface area contributed by atoms with Crippen molar-refractivity contribution >= 4 is 28.3 Å². The van der Waals surface area contributed by atoms with Crippen molar-refractivity contribution in [3.63, 3.8) is 0 Å². The lowest BCUT2D eigenvalue weighted by atomic mass is 10.1. The second-order valence-corrected chi connectivity index (χ2v) is 6.90. The van der Waals surface area contributed by atoms with Crippen molar-refractivity contribution in [2.45, 2.75) is 19.1 Å². The van der Waals surface area contributed by atoms with Gasteiger partial charge in [-0.2, -0.15) is 13.2 Å². The van der Waals surface area contributed by atoms with Crippen LogP contribution in [0, 0.1) is 6.92 Å². The maximum atomic E-state index is 12.6. The van der Waals surface area contributed by atoms with Gasteiger partial charge in [0.1, 0.15) is 5.82 Å². The predicted molar refractivity (Wildman–Crippen MR) is 104 cm³/mol. The quantitative estimate of drug-likeness (QED) is 0.697. The second-order valence-electron chi connectivity index (χ2n) is 6.90. The van der Waals surface area contributed by atoms with Gasteiger partial charge in [0.15, 0.2) is 0 Å². The molecule has 150 valence electrons. The van der Waals surface area contributed by atoms with Crippen LogP contribution in [0.3, 0.4) is 0 Å². The van der Waals surface area contributed by atoms with Crippen molar-refractivity contribution in [2.24, 2.45) is 0 Å². The highest BCUT2D eigenvalue weighted by molar-refractivity contribution is 6.02. The Hall–Kier alpha value is -3.36. The van der Waals surface area contributed by atoms with E-state index in [1.165, 1.54) is 6.07 Å². The van der Waals surface area contributed by atoms with Crippen LogP contribution in [0.15, 0.2) is 48.8 Å². The number of hydrogen-bond acceptors (Lipinski definition) is 4. The smallest absolute Gasteiger partial charge is 0.352 e. The Morgan fingerprint density at radius 2 is 1.90 bits per heavy atom. The summed E-state index contributed by atoms with van der Waals surface area (Å²) >= 11 is 0. The summed E-state index contributed by atoms with van der Waals surface area (Å²) < 4.78 is 37.8. The molecule has 2 N–H and O–H groups in total. The number of hydrogen-bond donors (Lipinski definition) is 2. The maximum Gasteiger partial charge on any atom is 0.417 e. The van der Waals surface area contributed by atoms with E-state index in [0.717, 1.165) is 28.7 Å². The molecule has 1 aliphatic rings. The molecule has 1 aromatic carbocycles. The summed E-state index contributed by atoms with van der Waals surface area (Å²) in [6.45, 7) is 2.86. The fourth-order valence-electron chi connectivity index (χ4n) is 3.30. The number of urea groups is 1. The number of benzene rings is 1. The summed E-state index contributed by atoms with van der Waals surface area (Å²) in [7, 11) is 0. The van der Waals surface area contributed by atoms with Crippen LogP contribution in [0.1, 0.15) is 11.3 Å². The first-order valence-electron chi connectivity index (χ1n) is 9.01. The standard InChI is InChI=1S/C20H18F3N5O/c1-12-15-3-2-4-17(16(15)7-8-24-12)27-19(29)26-14-10-28(11-14)18-6-5-13(9-25-18)20(21,22)23/h2-9,14H,10-11H2,1H3,(H2,26,27,29). The van der Waals surface area contributed by atoms with Crippen molar-refractivity contribution in [1.82, 2.24) is 15.3 Å². The van der Waals surface area contributed by atoms with Gasteiger partial charge in [-0.25, -0.2) is 9.78 Å². The molecular formula is C20H18F3N5O. The Kier molecular flexibility index (Phi) is 4.73. The lowest BCUT2D eigenvalue weighted by Gasteiger charge is -2.40. The van der Waals surface area contributed by atoms with Gasteiger partial charge in [-0.15, -0.1) is 0 Å². The zero-order valence-corrected chi connectivity index (χ0v) is 15.5. The van der Waals surface area contributed by atoms with Crippen LogP contribution in [0.2, 0.25) is 0 Å². The van der Waals surface area contributed by atoms with E-state index in [-0.39, 0.29) is 12.1 Å². The molecule has 1 fully saturated rings. The predicted octanol–water partition coefficient (Wildman–Crippen LogP) is 3.97. The zero-order valence-electron chi connectivity index (χ0n) is 15.5. The molecule has 1 saturated heterocycles. The molecule has 0 unspecified atom stereocenters. The molecule has 9 heteroatoms. The minimum atomic E-state index is -4.40. The fraction of sp³-hybridized carbons (Fsp3) is 0.250. The van der Waals surface area contributed by atoms with E-state index < -0.39 is 11.7 Å². The highest BCUT2D eigenvalue weighted by atomic mass is 19.4. The average Bonchev–Trinajstić information content (AvgIpc) is 2.65. The summed E-state index contributed by atoms with van der Waals surface area (Å²) in [6, 6.07) is 9.36. The van der Waals surface area contributed by atoms with E-state index in [2.05, 4.69) is 20.6 Å².